The van der Waals surface area contributed by atoms with E-state index in [9.17, 15) is 4.79 Å². The van der Waals surface area contributed by atoms with E-state index in [1.54, 1.807) is 7.11 Å². The van der Waals surface area contributed by atoms with Gasteiger partial charge in [-0.2, -0.15) is 0 Å². The summed E-state index contributed by atoms with van der Waals surface area (Å²) < 4.78 is 13.1. The lowest BCUT2D eigenvalue weighted by atomic mass is 9.67. The molecular formula is C17H26N2O3. The molecule has 1 aliphatic heterocycles. The third-order valence-corrected chi connectivity index (χ3v) is 4.91. The maximum atomic E-state index is 12.5. The number of amides is 1. The minimum Gasteiger partial charge on any atom is -0.384 e. The molecule has 2 fully saturated rings. The molecule has 1 N–H and O–H groups in total. The topological polar surface area (TPSA) is 52.5 Å². The summed E-state index contributed by atoms with van der Waals surface area (Å²) in [5.74, 6) is 0.708. The number of hydrogen-bond donors (Lipinski definition) is 1. The molecule has 2 heterocycles. The Morgan fingerprint density at radius 2 is 2.27 bits per heavy atom. The van der Waals surface area contributed by atoms with Gasteiger partial charge in [0.1, 0.15) is 0 Å². The maximum absolute atomic E-state index is 12.5. The molecule has 2 aliphatic rings. The highest BCUT2D eigenvalue weighted by molar-refractivity contribution is 5.94. The smallest absolute Gasteiger partial charge is 0.253 e. The van der Waals surface area contributed by atoms with E-state index in [-0.39, 0.29) is 29.5 Å². The second-order valence-electron chi connectivity index (χ2n) is 7.38. The molecule has 1 aliphatic carbocycles. The molecule has 122 valence electrons. The molecule has 1 aromatic rings. The lowest BCUT2D eigenvalue weighted by molar-refractivity contribution is -0.0809. The Bertz CT molecular complexity index is 546. The molecule has 5 heteroatoms. The van der Waals surface area contributed by atoms with Crippen LogP contribution in [0.15, 0.2) is 18.5 Å². The number of aromatic nitrogens is 1. The van der Waals surface area contributed by atoms with Gasteiger partial charge in [0.2, 0.25) is 0 Å². The van der Waals surface area contributed by atoms with Gasteiger partial charge in [-0.1, -0.05) is 0 Å². The Morgan fingerprint density at radius 1 is 1.50 bits per heavy atom. The van der Waals surface area contributed by atoms with Crippen molar-refractivity contribution in [3.63, 3.8) is 0 Å². The summed E-state index contributed by atoms with van der Waals surface area (Å²) in [5, 5.41) is 3.19. The number of rotatable bonds is 4. The second-order valence-corrected chi connectivity index (χ2v) is 7.38. The van der Waals surface area contributed by atoms with E-state index in [1.807, 2.05) is 18.5 Å². The van der Waals surface area contributed by atoms with Gasteiger partial charge in [0.05, 0.1) is 18.3 Å². The number of carbonyl (C=O) groups excluding carboxylic acids is 1. The van der Waals surface area contributed by atoms with Crippen LogP contribution >= 0.6 is 0 Å². The Morgan fingerprint density at radius 3 is 2.91 bits per heavy atom. The van der Waals surface area contributed by atoms with Gasteiger partial charge < -0.3 is 19.4 Å². The average molecular weight is 306 g/mol. The third-order valence-electron chi connectivity index (χ3n) is 4.91. The molecule has 5 nitrogen and oxygen atoms in total. The predicted octanol–water partition coefficient (Wildman–Crippen LogP) is 2.02. The zero-order chi connectivity index (χ0) is 15.9. The van der Waals surface area contributed by atoms with Crippen molar-refractivity contribution in [1.82, 2.24) is 9.88 Å². The third kappa shape index (κ3) is 2.68. The van der Waals surface area contributed by atoms with Crippen molar-refractivity contribution in [2.24, 2.45) is 11.8 Å². The molecule has 0 radical (unpaired) electrons. The second kappa shape index (κ2) is 5.70. The maximum Gasteiger partial charge on any atom is 0.253 e. The van der Waals surface area contributed by atoms with E-state index in [2.05, 4.69) is 30.7 Å². The van der Waals surface area contributed by atoms with E-state index in [1.165, 1.54) is 0 Å². The lowest BCUT2D eigenvalue weighted by Gasteiger charge is -2.47. The number of carbonyl (C=O) groups is 1. The molecule has 1 saturated heterocycles. The first-order chi connectivity index (χ1) is 10.4. The molecule has 0 spiro atoms. The Kier molecular flexibility index (Phi) is 4.03. The zero-order valence-corrected chi connectivity index (χ0v) is 13.8. The van der Waals surface area contributed by atoms with Crippen LogP contribution in [0.5, 0.6) is 0 Å². The van der Waals surface area contributed by atoms with Crippen molar-refractivity contribution in [3.8, 4) is 0 Å². The summed E-state index contributed by atoms with van der Waals surface area (Å²) in [6, 6.07) is 2.05. The average Bonchev–Trinajstić information content (AvgIpc) is 3.08. The molecule has 1 saturated carbocycles. The van der Waals surface area contributed by atoms with E-state index in [0.29, 0.717) is 18.1 Å². The molecule has 3 rings (SSSR count). The van der Waals surface area contributed by atoms with E-state index < -0.39 is 0 Å². The summed E-state index contributed by atoms with van der Waals surface area (Å²) in [7, 11) is 1.70. The highest BCUT2D eigenvalue weighted by atomic mass is 16.5. The quantitative estimate of drug-likeness (QED) is 0.926. The number of hydrogen-bond acceptors (Lipinski definition) is 3. The van der Waals surface area contributed by atoms with Crippen molar-refractivity contribution in [1.29, 1.82) is 0 Å². The number of nitrogens with zero attached hydrogens (tertiary/aromatic N) is 1. The van der Waals surface area contributed by atoms with Crippen LogP contribution in [-0.4, -0.2) is 42.9 Å². The predicted molar refractivity (Wildman–Crippen MR) is 83.9 cm³/mol. The van der Waals surface area contributed by atoms with Crippen LogP contribution in [0.25, 0.3) is 0 Å². The van der Waals surface area contributed by atoms with E-state index in [0.717, 1.165) is 13.0 Å². The fraction of sp³-hybridized carbons (Fsp3) is 0.706. The number of ether oxygens (including phenoxy) is 2. The Balaban J connectivity index is 1.67. The number of methoxy groups -OCH3 is 1. The molecule has 1 aromatic heterocycles. The minimum atomic E-state index is -0.0159. The van der Waals surface area contributed by atoms with Crippen LogP contribution in [0.1, 0.15) is 37.6 Å². The van der Waals surface area contributed by atoms with Crippen molar-refractivity contribution in [3.05, 3.63) is 24.0 Å². The van der Waals surface area contributed by atoms with Gasteiger partial charge in [0.25, 0.3) is 5.91 Å². The summed E-state index contributed by atoms with van der Waals surface area (Å²) in [6.45, 7) is 7.79. The van der Waals surface area contributed by atoms with Gasteiger partial charge >= 0.3 is 0 Å². The standard InChI is InChI=1S/C17H26N2O3/c1-17(2,3)19-7-5-11(9-19)16(20)18-14-12-6-8-22-15(12)13(14)10-21-4/h5,7,9,12-15H,6,8,10H2,1-4H3,(H,18,20)/t12-,13+,14+,15-/m0/s1. The largest absolute Gasteiger partial charge is 0.384 e. The van der Waals surface area contributed by atoms with Crippen LogP contribution in [0.3, 0.4) is 0 Å². The van der Waals surface area contributed by atoms with Crippen molar-refractivity contribution in [2.75, 3.05) is 20.3 Å². The van der Waals surface area contributed by atoms with E-state index in [4.69, 9.17) is 9.47 Å². The van der Waals surface area contributed by atoms with Crippen LogP contribution < -0.4 is 5.32 Å². The SMILES string of the molecule is COC[C@@H]1[C@H](NC(=O)c2ccn(C(C)(C)C)c2)[C@@H]2CCO[C@H]12. The number of nitrogens with one attached hydrogen (secondary N) is 1. The summed E-state index contributed by atoms with van der Waals surface area (Å²) in [5.41, 5.74) is 0.700. The van der Waals surface area contributed by atoms with Crippen molar-refractivity contribution in [2.45, 2.75) is 44.9 Å². The van der Waals surface area contributed by atoms with Crippen LogP contribution in [-0.2, 0) is 15.0 Å². The highest BCUT2D eigenvalue weighted by Crippen LogP contribution is 2.43. The van der Waals surface area contributed by atoms with E-state index >= 15 is 0 Å². The van der Waals surface area contributed by atoms with Crippen molar-refractivity contribution < 1.29 is 14.3 Å². The summed E-state index contributed by atoms with van der Waals surface area (Å²) in [6.07, 6.45) is 5.16. The first kappa shape index (κ1) is 15.6. The van der Waals surface area contributed by atoms with Gasteiger partial charge in [0, 0.05) is 49.5 Å². The van der Waals surface area contributed by atoms with Gasteiger partial charge in [-0.25, -0.2) is 0 Å². The Hall–Kier alpha value is -1.33. The van der Waals surface area contributed by atoms with Gasteiger partial charge in [-0.15, -0.1) is 0 Å². The van der Waals surface area contributed by atoms with Crippen LogP contribution in [0, 0.1) is 11.8 Å². The first-order valence-corrected chi connectivity index (χ1v) is 8.01. The fourth-order valence-corrected chi connectivity index (χ4v) is 3.62. The molecule has 0 unspecified atom stereocenters. The molecule has 0 bridgehead atoms. The fourth-order valence-electron chi connectivity index (χ4n) is 3.62. The summed E-state index contributed by atoms with van der Waals surface area (Å²) in [4.78, 5) is 12.5. The van der Waals surface area contributed by atoms with Crippen LogP contribution in [0.4, 0.5) is 0 Å². The molecular weight excluding hydrogens is 280 g/mol. The summed E-state index contributed by atoms with van der Waals surface area (Å²) >= 11 is 0. The molecule has 1 amide bonds. The lowest BCUT2D eigenvalue weighted by Crippen LogP contribution is -2.62. The van der Waals surface area contributed by atoms with Gasteiger partial charge in [0.15, 0.2) is 0 Å². The van der Waals surface area contributed by atoms with Crippen LogP contribution in [0.2, 0.25) is 0 Å². The van der Waals surface area contributed by atoms with Crippen molar-refractivity contribution >= 4 is 5.91 Å². The minimum absolute atomic E-state index is 0.000506. The highest BCUT2D eigenvalue weighted by Gasteiger charge is 2.54. The zero-order valence-electron chi connectivity index (χ0n) is 13.8. The van der Waals surface area contributed by atoms with Gasteiger partial charge in [-0.05, 0) is 33.3 Å². The Labute approximate surface area is 132 Å². The normalized spacial score (nSPS) is 30.7. The molecule has 4 atom stereocenters. The molecule has 0 aromatic carbocycles. The number of fused-ring (bicyclic) bond motifs is 1. The van der Waals surface area contributed by atoms with Gasteiger partial charge in [-0.3, -0.25) is 4.79 Å². The molecule has 22 heavy (non-hydrogen) atoms. The monoisotopic (exact) mass is 306 g/mol. The first-order valence-electron chi connectivity index (χ1n) is 8.01.